The van der Waals surface area contributed by atoms with Crippen LogP contribution < -0.4 is 5.32 Å². The number of hydrogen-bond donors (Lipinski definition) is 2. The molecule has 0 fully saturated rings. The van der Waals surface area contributed by atoms with Gasteiger partial charge in [-0.05, 0) is 37.6 Å². The first-order chi connectivity index (χ1) is 10.2. The number of rotatable bonds is 7. The summed E-state index contributed by atoms with van der Waals surface area (Å²) in [5, 5.41) is 14.6. The lowest BCUT2D eigenvalue weighted by Crippen LogP contribution is -2.24. The molecule has 0 atom stereocenters. The van der Waals surface area contributed by atoms with E-state index in [-0.39, 0.29) is 12.5 Å². The third-order valence-corrected chi connectivity index (χ3v) is 4.66. The Morgan fingerprint density at radius 2 is 2.14 bits per heavy atom. The number of aliphatic hydroxyl groups excluding tert-OH is 1. The minimum absolute atomic E-state index is 0.0892. The lowest BCUT2D eigenvalue weighted by Gasteiger charge is -2.05. The van der Waals surface area contributed by atoms with Gasteiger partial charge in [0.1, 0.15) is 0 Å². The van der Waals surface area contributed by atoms with Crippen molar-refractivity contribution in [3.63, 3.8) is 0 Å². The van der Waals surface area contributed by atoms with Crippen molar-refractivity contribution < 1.29 is 9.90 Å². The quantitative estimate of drug-likeness (QED) is 0.608. The van der Waals surface area contributed by atoms with Crippen molar-refractivity contribution in [3.8, 4) is 0 Å². The number of aromatic nitrogens is 1. The van der Waals surface area contributed by atoms with Crippen LogP contribution in [0.3, 0.4) is 0 Å². The summed E-state index contributed by atoms with van der Waals surface area (Å²) >= 11 is 3.37. The maximum atomic E-state index is 11.8. The van der Waals surface area contributed by atoms with Crippen molar-refractivity contribution in [1.29, 1.82) is 0 Å². The number of nitrogens with zero attached hydrogens (tertiary/aromatic N) is 1. The summed E-state index contributed by atoms with van der Waals surface area (Å²) in [6.07, 6.45) is 0.576. The summed E-state index contributed by atoms with van der Waals surface area (Å²) in [7, 11) is 0. The summed E-state index contributed by atoms with van der Waals surface area (Å²) in [5.74, 6) is 0.738. The highest BCUT2D eigenvalue weighted by Crippen LogP contribution is 2.23. The zero-order chi connectivity index (χ0) is 15.1. The molecule has 1 amide bonds. The van der Waals surface area contributed by atoms with Crippen molar-refractivity contribution in [2.75, 3.05) is 13.2 Å². The molecule has 0 aliphatic heterocycles. The van der Waals surface area contributed by atoms with Gasteiger partial charge >= 0.3 is 0 Å². The molecular weight excluding hydrogens is 304 g/mol. The predicted octanol–water partition coefficient (Wildman–Crippen LogP) is 2.86. The van der Waals surface area contributed by atoms with Crippen molar-refractivity contribution in [2.24, 2.45) is 0 Å². The number of carbonyl (C=O) groups excluding carboxylic acids is 1. The van der Waals surface area contributed by atoms with Crippen LogP contribution in [-0.4, -0.2) is 29.1 Å². The standard InChI is InChI=1S/C15H18N2O2S2/c1-11-17-13(9-20-11)10-21-14-5-3-12(4-6-14)15(19)16-7-2-8-18/h3-6,9,18H,2,7-8,10H2,1H3,(H,16,19). The molecule has 1 aromatic carbocycles. The van der Waals surface area contributed by atoms with Gasteiger partial charge in [-0.3, -0.25) is 4.79 Å². The van der Waals surface area contributed by atoms with E-state index < -0.39 is 0 Å². The third-order valence-electron chi connectivity index (χ3n) is 2.79. The van der Waals surface area contributed by atoms with Gasteiger partial charge in [0.2, 0.25) is 0 Å². The molecule has 2 aromatic rings. The van der Waals surface area contributed by atoms with E-state index in [9.17, 15) is 4.79 Å². The van der Waals surface area contributed by atoms with Crippen molar-refractivity contribution in [1.82, 2.24) is 10.3 Å². The summed E-state index contributed by atoms with van der Waals surface area (Å²) in [6, 6.07) is 7.54. The Morgan fingerprint density at radius 3 is 2.76 bits per heavy atom. The van der Waals surface area contributed by atoms with E-state index in [1.54, 1.807) is 23.1 Å². The Morgan fingerprint density at radius 1 is 1.38 bits per heavy atom. The molecule has 1 aromatic heterocycles. The monoisotopic (exact) mass is 322 g/mol. The summed E-state index contributed by atoms with van der Waals surface area (Å²) in [5.41, 5.74) is 1.73. The Hall–Kier alpha value is -1.37. The molecule has 21 heavy (non-hydrogen) atoms. The minimum atomic E-state index is -0.102. The highest BCUT2D eigenvalue weighted by Gasteiger charge is 2.05. The molecule has 6 heteroatoms. The van der Waals surface area contributed by atoms with Crippen LogP contribution in [0.2, 0.25) is 0 Å². The first-order valence-corrected chi connectivity index (χ1v) is 8.58. The number of aryl methyl sites for hydroxylation is 1. The number of nitrogens with one attached hydrogen (secondary N) is 1. The van der Waals surface area contributed by atoms with Crippen LogP contribution in [0.4, 0.5) is 0 Å². The van der Waals surface area contributed by atoms with Gasteiger partial charge in [-0.15, -0.1) is 23.1 Å². The van der Waals surface area contributed by atoms with Crippen LogP contribution in [0.15, 0.2) is 34.5 Å². The van der Waals surface area contributed by atoms with Crippen LogP contribution in [0, 0.1) is 6.92 Å². The molecule has 112 valence electrons. The molecular formula is C15H18N2O2S2. The maximum Gasteiger partial charge on any atom is 0.251 e. The van der Waals surface area contributed by atoms with Crippen molar-refractivity contribution in [2.45, 2.75) is 24.0 Å². The van der Waals surface area contributed by atoms with E-state index in [0.717, 1.165) is 21.3 Å². The zero-order valence-electron chi connectivity index (χ0n) is 11.8. The van der Waals surface area contributed by atoms with Crippen molar-refractivity contribution >= 4 is 29.0 Å². The molecule has 4 nitrogen and oxygen atoms in total. The molecule has 0 saturated heterocycles. The Balaban J connectivity index is 1.85. The smallest absolute Gasteiger partial charge is 0.251 e. The van der Waals surface area contributed by atoms with E-state index in [1.807, 2.05) is 31.2 Å². The van der Waals surface area contributed by atoms with Gasteiger partial charge in [-0.2, -0.15) is 0 Å². The van der Waals surface area contributed by atoms with E-state index in [4.69, 9.17) is 5.11 Å². The highest BCUT2D eigenvalue weighted by atomic mass is 32.2. The number of thiazole rings is 1. The molecule has 0 aliphatic rings. The topological polar surface area (TPSA) is 62.2 Å². The predicted molar refractivity (Wildman–Crippen MR) is 86.9 cm³/mol. The van der Waals surface area contributed by atoms with Crippen LogP contribution in [-0.2, 0) is 5.75 Å². The number of amides is 1. The molecule has 0 spiro atoms. The first kappa shape index (κ1) is 16.0. The van der Waals surface area contributed by atoms with Crippen molar-refractivity contribution in [3.05, 3.63) is 45.9 Å². The van der Waals surface area contributed by atoms with Crippen LogP contribution in [0.1, 0.15) is 27.5 Å². The largest absolute Gasteiger partial charge is 0.396 e. The van der Waals surface area contributed by atoms with E-state index in [1.165, 1.54) is 0 Å². The number of thioether (sulfide) groups is 1. The Labute approximate surface area is 132 Å². The summed E-state index contributed by atoms with van der Waals surface area (Å²) in [6.45, 7) is 2.59. The van der Waals surface area contributed by atoms with Gasteiger partial charge in [0.15, 0.2) is 0 Å². The Kier molecular flexibility index (Phi) is 6.22. The molecule has 0 saturated carbocycles. The average molecular weight is 322 g/mol. The Bertz CT molecular complexity index is 582. The number of carbonyl (C=O) groups is 1. The van der Waals surface area contributed by atoms with Crippen LogP contribution in [0.25, 0.3) is 0 Å². The van der Waals surface area contributed by atoms with E-state index in [0.29, 0.717) is 18.5 Å². The SMILES string of the molecule is Cc1nc(CSc2ccc(C(=O)NCCCO)cc2)cs1. The first-order valence-electron chi connectivity index (χ1n) is 6.72. The fourth-order valence-corrected chi connectivity index (χ4v) is 3.23. The molecule has 2 N–H and O–H groups in total. The molecule has 1 heterocycles. The number of aliphatic hydroxyl groups is 1. The fraction of sp³-hybridized carbons (Fsp3) is 0.333. The normalized spacial score (nSPS) is 10.6. The van der Waals surface area contributed by atoms with Gasteiger partial charge < -0.3 is 10.4 Å². The third kappa shape index (κ3) is 5.15. The highest BCUT2D eigenvalue weighted by molar-refractivity contribution is 7.98. The van der Waals surface area contributed by atoms with E-state index >= 15 is 0 Å². The van der Waals surface area contributed by atoms with Crippen LogP contribution in [0.5, 0.6) is 0 Å². The van der Waals surface area contributed by atoms with E-state index in [2.05, 4.69) is 15.7 Å². The van der Waals surface area contributed by atoms with Gasteiger partial charge in [0, 0.05) is 34.7 Å². The zero-order valence-corrected chi connectivity index (χ0v) is 13.5. The molecule has 0 bridgehead atoms. The fourth-order valence-electron chi connectivity index (χ4n) is 1.72. The molecule has 0 aliphatic carbocycles. The molecule has 0 unspecified atom stereocenters. The summed E-state index contributed by atoms with van der Waals surface area (Å²) < 4.78 is 0. The van der Waals surface area contributed by atoms with Gasteiger partial charge in [-0.25, -0.2) is 4.98 Å². The van der Waals surface area contributed by atoms with Gasteiger partial charge in [0.05, 0.1) is 10.7 Å². The average Bonchev–Trinajstić information content (AvgIpc) is 2.91. The van der Waals surface area contributed by atoms with Crippen LogP contribution >= 0.6 is 23.1 Å². The summed E-state index contributed by atoms with van der Waals surface area (Å²) in [4.78, 5) is 17.3. The maximum absolute atomic E-state index is 11.8. The van der Waals surface area contributed by atoms with Gasteiger partial charge in [0.25, 0.3) is 5.91 Å². The molecule has 0 radical (unpaired) electrons. The number of hydrogen-bond acceptors (Lipinski definition) is 5. The number of benzene rings is 1. The molecule has 2 rings (SSSR count). The second-order valence-electron chi connectivity index (χ2n) is 4.50. The second kappa shape index (κ2) is 8.17. The lowest BCUT2D eigenvalue weighted by atomic mass is 10.2. The lowest BCUT2D eigenvalue weighted by molar-refractivity contribution is 0.0951. The second-order valence-corrected chi connectivity index (χ2v) is 6.61. The minimum Gasteiger partial charge on any atom is -0.396 e. The van der Waals surface area contributed by atoms with Gasteiger partial charge in [-0.1, -0.05) is 0 Å².